The lowest BCUT2D eigenvalue weighted by molar-refractivity contribution is -0.126. The van der Waals surface area contributed by atoms with Gasteiger partial charge in [0, 0.05) is 0 Å². The van der Waals surface area contributed by atoms with E-state index in [1.165, 1.54) is 0 Å². The number of nitrogens with one attached hydrogen (secondary N) is 1. The molecule has 0 aromatic carbocycles. The van der Waals surface area contributed by atoms with Crippen LogP contribution in [0, 0.1) is 23.7 Å². The van der Waals surface area contributed by atoms with E-state index in [2.05, 4.69) is 19.2 Å². The normalized spacial score (nSPS) is 44.5. The van der Waals surface area contributed by atoms with Crippen LogP contribution < -0.4 is 5.32 Å². The van der Waals surface area contributed by atoms with Crippen molar-refractivity contribution < 1.29 is 9.59 Å². The molecule has 2 amide bonds. The Kier molecular flexibility index (Phi) is 1.90. The molecular formula is C10H15NO2. The van der Waals surface area contributed by atoms with Gasteiger partial charge < -0.3 is 0 Å². The van der Waals surface area contributed by atoms with Crippen LogP contribution in [0.25, 0.3) is 0 Å². The van der Waals surface area contributed by atoms with E-state index in [9.17, 15) is 9.59 Å². The van der Waals surface area contributed by atoms with Gasteiger partial charge >= 0.3 is 0 Å². The summed E-state index contributed by atoms with van der Waals surface area (Å²) in [6, 6.07) is 0. The Morgan fingerprint density at radius 2 is 1.38 bits per heavy atom. The van der Waals surface area contributed by atoms with Gasteiger partial charge in [0.15, 0.2) is 0 Å². The lowest BCUT2D eigenvalue weighted by atomic mass is 9.70. The molecule has 0 spiro atoms. The Labute approximate surface area is 77.9 Å². The topological polar surface area (TPSA) is 46.2 Å². The lowest BCUT2D eigenvalue weighted by Gasteiger charge is -2.31. The molecular weight excluding hydrogens is 166 g/mol. The highest BCUT2D eigenvalue weighted by atomic mass is 16.2. The van der Waals surface area contributed by atoms with Crippen molar-refractivity contribution in [3.63, 3.8) is 0 Å². The van der Waals surface area contributed by atoms with Crippen molar-refractivity contribution in [1.29, 1.82) is 0 Å². The van der Waals surface area contributed by atoms with E-state index in [0.717, 1.165) is 12.8 Å². The van der Waals surface area contributed by atoms with Gasteiger partial charge in [0.1, 0.15) is 0 Å². The van der Waals surface area contributed by atoms with Gasteiger partial charge in [-0.3, -0.25) is 14.9 Å². The maximum Gasteiger partial charge on any atom is 0.230 e. The second kappa shape index (κ2) is 2.82. The number of hydrogen-bond acceptors (Lipinski definition) is 2. The first-order valence-corrected chi connectivity index (χ1v) is 4.94. The van der Waals surface area contributed by atoms with Crippen molar-refractivity contribution in [2.24, 2.45) is 23.7 Å². The molecule has 1 heterocycles. The fraction of sp³-hybridized carbons (Fsp3) is 0.800. The lowest BCUT2D eigenvalue weighted by Crippen LogP contribution is -2.30. The maximum absolute atomic E-state index is 11.3. The average molecular weight is 181 g/mol. The van der Waals surface area contributed by atoms with Crippen molar-refractivity contribution in [1.82, 2.24) is 5.32 Å². The van der Waals surface area contributed by atoms with Crippen molar-refractivity contribution in [3.8, 4) is 0 Å². The minimum atomic E-state index is -0.0475. The fourth-order valence-corrected chi connectivity index (χ4v) is 2.48. The highest BCUT2D eigenvalue weighted by Crippen LogP contribution is 2.40. The third-order valence-electron chi connectivity index (χ3n) is 3.63. The minimum Gasteiger partial charge on any atom is -0.296 e. The van der Waals surface area contributed by atoms with Crippen LogP contribution in [0.1, 0.15) is 26.7 Å². The van der Waals surface area contributed by atoms with Crippen LogP contribution in [-0.4, -0.2) is 11.8 Å². The van der Waals surface area contributed by atoms with Crippen LogP contribution in [0.2, 0.25) is 0 Å². The number of carbonyl (C=O) groups excluding carboxylic acids is 2. The summed E-state index contributed by atoms with van der Waals surface area (Å²) in [6.07, 6.45) is 1.76. The summed E-state index contributed by atoms with van der Waals surface area (Å²) in [5.74, 6) is 0.982. The molecule has 3 nitrogen and oxygen atoms in total. The molecule has 3 heteroatoms. The number of carbonyl (C=O) groups is 2. The molecule has 2 fully saturated rings. The standard InChI is InChI=1S/C10H15NO2/c1-5-3-7-8(4-6(5)2)10(13)11-9(7)12/h5-8H,3-4H2,1-2H3,(H,11,12,13)/t5?,6?,7-,8-/m1/s1. The van der Waals surface area contributed by atoms with E-state index in [1.54, 1.807) is 0 Å². The number of amides is 2. The second-order valence-corrected chi connectivity index (χ2v) is 4.49. The van der Waals surface area contributed by atoms with Crippen molar-refractivity contribution >= 4 is 11.8 Å². The molecule has 1 aliphatic carbocycles. The highest BCUT2D eigenvalue weighted by Gasteiger charge is 2.46. The second-order valence-electron chi connectivity index (χ2n) is 4.49. The summed E-state index contributed by atoms with van der Waals surface area (Å²) in [4.78, 5) is 22.7. The van der Waals surface area contributed by atoms with Crippen LogP contribution in [0.5, 0.6) is 0 Å². The van der Waals surface area contributed by atoms with Crippen molar-refractivity contribution in [3.05, 3.63) is 0 Å². The molecule has 2 unspecified atom stereocenters. The molecule has 1 saturated carbocycles. The van der Waals surface area contributed by atoms with E-state index in [4.69, 9.17) is 0 Å². The number of imide groups is 1. The molecule has 1 saturated heterocycles. The van der Waals surface area contributed by atoms with Gasteiger partial charge in [-0.1, -0.05) is 13.8 Å². The number of rotatable bonds is 0. The summed E-state index contributed by atoms with van der Waals surface area (Å²) in [5, 5.41) is 2.42. The number of fused-ring (bicyclic) bond motifs is 1. The van der Waals surface area contributed by atoms with Gasteiger partial charge in [0.25, 0.3) is 0 Å². The summed E-state index contributed by atoms with van der Waals surface area (Å²) in [5.41, 5.74) is 0. The largest absolute Gasteiger partial charge is 0.296 e. The average Bonchev–Trinajstić information content (AvgIpc) is 2.31. The first-order chi connectivity index (χ1) is 6.09. The number of hydrogen-bond donors (Lipinski definition) is 1. The summed E-state index contributed by atoms with van der Waals surface area (Å²) in [6.45, 7) is 4.33. The van der Waals surface area contributed by atoms with Crippen LogP contribution >= 0.6 is 0 Å². The first-order valence-electron chi connectivity index (χ1n) is 4.94. The third-order valence-corrected chi connectivity index (χ3v) is 3.63. The Hall–Kier alpha value is -0.860. The van der Waals surface area contributed by atoms with E-state index in [0.29, 0.717) is 11.8 Å². The molecule has 0 aromatic heterocycles. The Morgan fingerprint density at radius 3 is 1.77 bits per heavy atom. The van der Waals surface area contributed by atoms with Crippen molar-refractivity contribution in [2.75, 3.05) is 0 Å². The van der Waals surface area contributed by atoms with Gasteiger partial charge in [-0.15, -0.1) is 0 Å². The molecule has 1 aliphatic heterocycles. The van der Waals surface area contributed by atoms with Gasteiger partial charge in [0.2, 0.25) is 11.8 Å². The monoisotopic (exact) mass is 181 g/mol. The molecule has 2 aliphatic rings. The van der Waals surface area contributed by atoms with Crippen LogP contribution in [0.15, 0.2) is 0 Å². The fourth-order valence-electron chi connectivity index (χ4n) is 2.48. The third kappa shape index (κ3) is 1.26. The Balaban J connectivity index is 2.19. The molecule has 72 valence electrons. The summed E-state index contributed by atoms with van der Waals surface area (Å²) >= 11 is 0. The zero-order valence-corrected chi connectivity index (χ0v) is 8.04. The van der Waals surface area contributed by atoms with Gasteiger partial charge in [0.05, 0.1) is 11.8 Å². The molecule has 13 heavy (non-hydrogen) atoms. The Morgan fingerprint density at radius 1 is 1.00 bits per heavy atom. The van der Waals surface area contributed by atoms with E-state index in [1.807, 2.05) is 0 Å². The molecule has 2 rings (SSSR count). The van der Waals surface area contributed by atoms with Crippen LogP contribution in [0.3, 0.4) is 0 Å². The first kappa shape index (κ1) is 8.73. The maximum atomic E-state index is 11.3. The van der Waals surface area contributed by atoms with Crippen LogP contribution in [0.4, 0.5) is 0 Å². The SMILES string of the molecule is CC1C[C@H]2C(=O)NC(=O)[C@@H]2CC1C. The van der Waals surface area contributed by atoms with Crippen LogP contribution in [-0.2, 0) is 9.59 Å². The molecule has 1 N–H and O–H groups in total. The predicted octanol–water partition coefficient (Wildman–Crippen LogP) is 0.941. The predicted molar refractivity (Wildman–Crippen MR) is 47.7 cm³/mol. The molecule has 0 radical (unpaired) electrons. The summed E-state index contributed by atoms with van der Waals surface area (Å²) < 4.78 is 0. The van der Waals surface area contributed by atoms with Gasteiger partial charge in [-0.05, 0) is 24.7 Å². The van der Waals surface area contributed by atoms with E-state index >= 15 is 0 Å². The minimum absolute atomic E-state index is 0.0290. The summed E-state index contributed by atoms with van der Waals surface area (Å²) in [7, 11) is 0. The molecule has 0 aromatic rings. The van der Waals surface area contributed by atoms with E-state index < -0.39 is 0 Å². The van der Waals surface area contributed by atoms with Gasteiger partial charge in [-0.2, -0.15) is 0 Å². The smallest absolute Gasteiger partial charge is 0.230 e. The quantitative estimate of drug-likeness (QED) is 0.565. The zero-order valence-electron chi connectivity index (χ0n) is 8.04. The molecule has 0 bridgehead atoms. The Bertz CT molecular complexity index is 236. The zero-order chi connectivity index (χ0) is 9.59. The highest BCUT2D eigenvalue weighted by molar-refractivity contribution is 6.05. The molecule has 4 atom stereocenters. The van der Waals surface area contributed by atoms with E-state index in [-0.39, 0.29) is 23.7 Å². The van der Waals surface area contributed by atoms with Gasteiger partial charge in [-0.25, -0.2) is 0 Å². The van der Waals surface area contributed by atoms with Crippen molar-refractivity contribution in [2.45, 2.75) is 26.7 Å².